The van der Waals surface area contributed by atoms with Crippen LogP contribution in [-0.4, -0.2) is 48.3 Å². The van der Waals surface area contributed by atoms with Gasteiger partial charge in [0.1, 0.15) is 0 Å². The summed E-state index contributed by atoms with van der Waals surface area (Å²) in [6.45, 7) is 1.78. The van der Waals surface area contributed by atoms with Crippen molar-refractivity contribution in [2.45, 2.75) is 26.1 Å². The summed E-state index contributed by atoms with van der Waals surface area (Å²) in [5.74, 6) is -1.27. The first-order valence-electron chi connectivity index (χ1n) is 8.00. The summed E-state index contributed by atoms with van der Waals surface area (Å²) in [4.78, 5) is 14.0. The van der Waals surface area contributed by atoms with Gasteiger partial charge in [-0.05, 0) is 24.4 Å². The Kier molecular flexibility index (Phi) is 5.87. The Hall–Kier alpha value is -1.60. The van der Waals surface area contributed by atoms with Gasteiger partial charge in [-0.3, -0.25) is 9.69 Å². The lowest BCUT2D eigenvalue weighted by molar-refractivity contribution is -0.218. The van der Waals surface area contributed by atoms with Crippen LogP contribution in [0.25, 0.3) is 0 Å². The van der Waals surface area contributed by atoms with Crippen molar-refractivity contribution in [2.24, 2.45) is 11.3 Å². The molecule has 0 saturated carbocycles. The molecule has 1 aromatic carbocycles. The van der Waals surface area contributed by atoms with Crippen molar-refractivity contribution in [3.05, 3.63) is 35.9 Å². The fourth-order valence-corrected chi connectivity index (χ4v) is 2.91. The molecule has 1 heterocycles. The van der Waals surface area contributed by atoms with Crippen LogP contribution in [0.4, 0.5) is 13.2 Å². The highest BCUT2D eigenvalue weighted by Gasteiger charge is 2.62. The Morgan fingerprint density at radius 2 is 2.04 bits per heavy atom. The zero-order chi connectivity index (χ0) is 17.8. The number of alkyl halides is 3. The van der Waals surface area contributed by atoms with Crippen molar-refractivity contribution in [3.8, 4) is 0 Å². The SMILES string of the molecule is CC(CO)CNC(=O)C1(C(F)(F)F)CCN(Cc2ccccc2)C1. The number of aliphatic hydroxyl groups excluding tert-OH is 1. The summed E-state index contributed by atoms with van der Waals surface area (Å²) < 4.78 is 40.9. The maximum atomic E-state index is 13.6. The fourth-order valence-electron chi connectivity index (χ4n) is 2.91. The molecule has 1 saturated heterocycles. The highest BCUT2D eigenvalue weighted by Crippen LogP contribution is 2.46. The van der Waals surface area contributed by atoms with Crippen LogP contribution >= 0.6 is 0 Å². The molecule has 0 spiro atoms. The molecule has 1 fully saturated rings. The van der Waals surface area contributed by atoms with Gasteiger partial charge >= 0.3 is 6.18 Å². The Morgan fingerprint density at radius 1 is 1.38 bits per heavy atom. The molecule has 0 bridgehead atoms. The van der Waals surface area contributed by atoms with E-state index in [-0.39, 0.29) is 38.6 Å². The van der Waals surface area contributed by atoms with Crippen molar-refractivity contribution in [1.29, 1.82) is 0 Å². The third-order valence-electron chi connectivity index (χ3n) is 4.50. The van der Waals surface area contributed by atoms with Crippen molar-refractivity contribution >= 4 is 5.91 Å². The molecule has 1 aliphatic rings. The molecule has 24 heavy (non-hydrogen) atoms. The van der Waals surface area contributed by atoms with Crippen LogP contribution in [0.5, 0.6) is 0 Å². The van der Waals surface area contributed by atoms with Crippen molar-refractivity contribution in [3.63, 3.8) is 0 Å². The van der Waals surface area contributed by atoms with Gasteiger partial charge in [0.2, 0.25) is 5.91 Å². The number of amides is 1. The minimum atomic E-state index is -4.61. The molecule has 2 unspecified atom stereocenters. The number of hydrogen-bond acceptors (Lipinski definition) is 3. The van der Waals surface area contributed by atoms with Crippen LogP contribution in [0.15, 0.2) is 30.3 Å². The maximum Gasteiger partial charge on any atom is 0.404 e. The van der Waals surface area contributed by atoms with Crippen LogP contribution in [0.1, 0.15) is 18.9 Å². The lowest BCUT2D eigenvalue weighted by Crippen LogP contribution is -2.53. The zero-order valence-corrected chi connectivity index (χ0v) is 13.6. The molecular weight excluding hydrogens is 321 g/mol. The Labute approximate surface area is 139 Å². The minimum Gasteiger partial charge on any atom is -0.396 e. The lowest BCUT2D eigenvalue weighted by Gasteiger charge is -2.31. The monoisotopic (exact) mass is 344 g/mol. The Bertz CT molecular complexity index is 551. The molecule has 2 rings (SSSR count). The molecule has 2 atom stereocenters. The summed E-state index contributed by atoms with van der Waals surface area (Å²) in [5.41, 5.74) is -1.46. The van der Waals surface area contributed by atoms with E-state index in [1.807, 2.05) is 30.3 Å². The second kappa shape index (κ2) is 7.53. The third-order valence-corrected chi connectivity index (χ3v) is 4.50. The van der Waals surface area contributed by atoms with E-state index in [4.69, 9.17) is 5.11 Å². The first-order chi connectivity index (χ1) is 11.3. The molecule has 134 valence electrons. The van der Waals surface area contributed by atoms with E-state index in [0.29, 0.717) is 6.54 Å². The van der Waals surface area contributed by atoms with E-state index in [0.717, 1.165) is 5.56 Å². The quantitative estimate of drug-likeness (QED) is 0.832. The van der Waals surface area contributed by atoms with Gasteiger partial charge < -0.3 is 10.4 Å². The van der Waals surface area contributed by atoms with Crippen LogP contribution in [0.2, 0.25) is 0 Å². The van der Waals surface area contributed by atoms with Crippen LogP contribution in [0.3, 0.4) is 0 Å². The van der Waals surface area contributed by atoms with Gasteiger partial charge in [0.25, 0.3) is 0 Å². The molecule has 0 aliphatic carbocycles. The van der Waals surface area contributed by atoms with Gasteiger partial charge in [-0.15, -0.1) is 0 Å². The molecule has 2 N–H and O–H groups in total. The number of halogens is 3. The van der Waals surface area contributed by atoms with Gasteiger partial charge in [0.05, 0.1) is 0 Å². The van der Waals surface area contributed by atoms with Crippen molar-refractivity contribution < 1.29 is 23.1 Å². The van der Waals surface area contributed by atoms with Crippen molar-refractivity contribution in [1.82, 2.24) is 10.2 Å². The number of hydrogen-bond donors (Lipinski definition) is 2. The molecule has 7 heteroatoms. The topological polar surface area (TPSA) is 52.6 Å². The second-order valence-corrected chi connectivity index (χ2v) is 6.52. The maximum absolute atomic E-state index is 13.6. The van der Waals surface area contributed by atoms with Gasteiger partial charge in [-0.25, -0.2) is 0 Å². The number of nitrogens with one attached hydrogen (secondary N) is 1. The first-order valence-corrected chi connectivity index (χ1v) is 8.00. The number of benzene rings is 1. The molecule has 1 aromatic rings. The van der Waals surface area contributed by atoms with E-state index in [9.17, 15) is 18.0 Å². The predicted octanol–water partition coefficient (Wildman–Crippen LogP) is 2.19. The highest BCUT2D eigenvalue weighted by molar-refractivity contribution is 5.84. The summed E-state index contributed by atoms with van der Waals surface area (Å²) >= 11 is 0. The molecule has 0 aromatic heterocycles. The molecular formula is C17H23F3N2O2. The smallest absolute Gasteiger partial charge is 0.396 e. The van der Waals surface area contributed by atoms with Gasteiger partial charge in [-0.2, -0.15) is 13.2 Å². The normalized spacial score (nSPS) is 23.2. The van der Waals surface area contributed by atoms with Crippen LogP contribution in [0, 0.1) is 11.3 Å². The summed E-state index contributed by atoms with van der Waals surface area (Å²) in [6.07, 6.45) is -4.85. The van der Waals surface area contributed by atoms with Gasteiger partial charge in [0.15, 0.2) is 5.41 Å². The molecule has 0 radical (unpaired) electrons. The standard InChI is InChI=1S/C17H23F3N2O2/c1-13(11-23)9-21-15(24)16(17(18,19)20)7-8-22(12-16)10-14-5-3-2-4-6-14/h2-6,13,23H,7-12H2,1H3,(H,21,24). The molecule has 1 amide bonds. The van der Waals surface area contributed by atoms with E-state index < -0.39 is 17.5 Å². The average Bonchev–Trinajstić information content (AvgIpc) is 2.98. The van der Waals surface area contributed by atoms with Crippen LogP contribution < -0.4 is 5.32 Å². The minimum absolute atomic E-state index is 0.0336. The van der Waals surface area contributed by atoms with Gasteiger partial charge in [-0.1, -0.05) is 37.3 Å². The lowest BCUT2D eigenvalue weighted by atomic mass is 9.85. The van der Waals surface area contributed by atoms with E-state index in [2.05, 4.69) is 5.32 Å². The number of carbonyl (C=O) groups excluding carboxylic acids is 1. The molecule has 4 nitrogen and oxygen atoms in total. The summed E-state index contributed by atoms with van der Waals surface area (Å²) in [5, 5.41) is 11.3. The molecule has 1 aliphatic heterocycles. The Balaban J connectivity index is 2.08. The summed E-state index contributed by atoms with van der Waals surface area (Å²) in [6, 6.07) is 9.24. The summed E-state index contributed by atoms with van der Waals surface area (Å²) in [7, 11) is 0. The number of rotatable bonds is 6. The third kappa shape index (κ3) is 4.08. The van der Waals surface area contributed by atoms with Crippen molar-refractivity contribution in [2.75, 3.05) is 26.2 Å². The number of carbonyl (C=O) groups is 1. The van der Waals surface area contributed by atoms with Crippen LogP contribution in [-0.2, 0) is 11.3 Å². The first kappa shape index (κ1) is 18.7. The van der Waals surface area contributed by atoms with Gasteiger partial charge in [0, 0.05) is 26.2 Å². The van der Waals surface area contributed by atoms with E-state index in [1.165, 1.54) is 0 Å². The number of aliphatic hydroxyl groups is 1. The number of nitrogens with zero attached hydrogens (tertiary/aromatic N) is 1. The van der Waals surface area contributed by atoms with E-state index in [1.54, 1.807) is 11.8 Å². The predicted molar refractivity (Wildman–Crippen MR) is 84.1 cm³/mol. The van der Waals surface area contributed by atoms with E-state index >= 15 is 0 Å². The zero-order valence-electron chi connectivity index (χ0n) is 13.6. The fraction of sp³-hybridized carbons (Fsp3) is 0.588. The number of likely N-dealkylation sites (tertiary alicyclic amines) is 1. The highest BCUT2D eigenvalue weighted by atomic mass is 19.4. The Morgan fingerprint density at radius 3 is 2.62 bits per heavy atom. The second-order valence-electron chi connectivity index (χ2n) is 6.52. The largest absolute Gasteiger partial charge is 0.404 e. The average molecular weight is 344 g/mol.